The standard InChI is InChI=1S/C23H26N2O3/c1-16(2)13-18-9-11-20(12-10-18)17(3)22(27)25-21(26)15-24(23(25)28)14-19-7-5-4-6-8-19/h4-12,16-17H,13-15H2,1-3H3. The third-order valence-corrected chi connectivity index (χ3v) is 4.97. The van der Waals surface area contributed by atoms with Gasteiger partial charge in [-0.2, -0.15) is 4.90 Å². The average Bonchev–Trinajstić information content (AvgIpc) is 2.95. The highest BCUT2D eigenvalue weighted by Crippen LogP contribution is 2.23. The first-order chi connectivity index (χ1) is 13.4. The molecule has 3 rings (SSSR count). The molecule has 146 valence electrons. The fraction of sp³-hybridized carbons (Fsp3) is 0.348. The second-order valence-corrected chi connectivity index (χ2v) is 7.75. The van der Waals surface area contributed by atoms with Crippen LogP contribution in [0.5, 0.6) is 0 Å². The molecular weight excluding hydrogens is 352 g/mol. The van der Waals surface area contributed by atoms with Crippen molar-refractivity contribution in [3.63, 3.8) is 0 Å². The molecule has 0 radical (unpaired) electrons. The monoisotopic (exact) mass is 378 g/mol. The number of hydrogen-bond donors (Lipinski definition) is 0. The van der Waals surface area contributed by atoms with Crippen LogP contribution in [-0.4, -0.2) is 34.2 Å². The maximum Gasteiger partial charge on any atom is 0.334 e. The number of hydrogen-bond acceptors (Lipinski definition) is 3. The number of urea groups is 1. The molecule has 1 heterocycles. The molecule has 0 N–H and O–H groups in total. The lowest BCUT2D eigenvalue weighted by molar-refractivity contribution is -0.139. The molecule has 4 amide bonds. The van der Waals surface area contributed by atoms with Crippen LogP contribution in [0.15, 0.2) is 54.6 Å². The topological polar surface area (TPSA) is 57.7 Å². The van der Waals surface area contributed by atoms with Gasteiger partial charge >= 0.3 is 6.03 Å². The normalized spacial score (nSPS) is 15.4. The van der Waals surface area contributed by atoms with Gasteiger partial charge in [0.2, 0.25) is 5.91 Å². The van der Waals surface area contributed by atoms with Crippen LogP contribution in [0.1, 0.15) is 43.4 Å². The number of amides is 4. The molecule has 2 aromatic rings. The smallest absolute Gasteiger partial charge is 0.310 e. The average molecular weight is 378 g/mol. The van der Waals surface area contributed by atoms with Crippen LogP contribution in [0, 0.1) is 5.92 Å². The number of rotatable bonds is 6. The summed E-state index contributed by atoms with van der Waals surface area (Å²) in [5, 5.41) is 0. The molecule has 5 heteroatoms. The fourth-order valence-corrected chi connectivity index (χ4v) is 3.44. The summed E-state index contributed by atoms with van der Waals surface area (Å²) in [5.41, 5.74) is 2.94. The summed E-state index contributed by atoms with van der Waals surface area (Å²) in [6.07, 6.45) is 0.972. The Hall–Kier alpha value is -2.95. The van der Waals surface area contributed by atoms with Gasteiger partial charge in [0, 0.05) is 6.54 Å². The predicted octanol–water partition coefficient (Wildman–Crippen LogP) is 3.98. The molecule has 0 aliphatic carbocycles. The molecule has 1 aliphatic rings. The van der Waals surface area contributed by atoms with E-state index in [0.29, 0.717) is 12.5 Å². The van der Waals surface area contributed by atoms with Crippen LogP contribution in [-0.2, 0) is 22.6 Å². The quantitative estimate of drug-likeness (QED) is 0.715. The van der Waals surface area contributed by atoms with Gasteiger partial charge in [-0.25, -0.2) is 4.79 Å². The van der Waals surface area contributed by atoms with Crippen LogP contribution < -0.4 is 0 Å². The minimum Gasteiger partial charge on any atom is -0.310 e. The van der Waals surface area contributed by atoms with Crippen molar-refractivity contribution in [3.05, 3.63) is 71.3 Å². The van der Waals surface area contributed by atoms with E-state index in [0.717, 1.165) is 22.4 Å². The van der Waals surface area contributed by atoms with Crippen molar-refractivity contribution < 1.29 is 14.4 Å². The Morgan fingerprint density at radius 3 is 2.18 bits per heavy atom. The summed E-state index contributed by atoms with van der Waals surface area (Å²) < 4.78 is 0. The van der Waals surface area contributed by atoms with Gasteiger partial charge in [0.1, 0.15) is 6.54 Å². The van der Waals surface area contributed by atoms with Crippen molar-refractivity contribution in [2.45, 2.75) is 39.7 Å². The second-order valence-electron chi connectivity index (χ2n) is 7.75. The van der Waals surface area contributed by atoms with Gasteiger partial charge in [-0.3, -0.25) is 9.59 Å². The van der Waals surface area contributed by atoms with Crippen molar-refractivity contribution in [1.29, 1.82) is 0 Å². The Kier molecular flexibility index (Phi) is 5.93. The first-order valence-electron chi connectivity index (χ1n) is 9.65. The van der Waals surface area contributed by atoms with Crippen molar-refractivity contribution >= 4 is 17.8 Å². The molecule has 2 aromatic carbocycles. The Morgan fingerprint density at radius 1 is 0.929 bits per heavy atom. The molecule has 0 bridgehead atoms. The summed E-state index contributed by atoms with van der Waals surface area (Å²) in [5.74, 6) is -0.936. The van der Waals surface area contributed by atoms with Crippen LogP contribution in [0.3, 0.4) is 0 Å². The van der Waals surface area contributed by atoms with Crippen LogP contribution >= 0.6 is 0 Å². The molecule has 1 saturated heterocycles. The Morgan fingerprint density at radius 2 is 1.57 bits per heavy atom. The van der Waals surface area contributed by atoms with Crippen molar-refractivity contribution in [2.24, 2.45) is 5.92 Å². The van der Waals surface area contributed by atoms with Crippen LogP contribution in [0.4, 0.5) is 4.79 Å². The van der Waals surface area contributed by atoms with E-state index in [9.17, 15) is 14.4 Å². The fourth-order valence-electron chi connectivity index (χ4n) is 3.44. The maximum atomic E-state index is 12.9. The van der Waals surface area contributed by atoms with Crippen LogP contribution in [0.25, 0.3) is 0 Å². The van der Waals surface area contributed by atoms with Gasteiger partial charge in [0.05, 0.1) is 5.92 Å². The Bertz CT molecular complexity index is 859. The summed E-state index contributed by atoms with van der Waals surface area (Å²) in [6, 6.07) is 16.7. The molecule has 5 nitrogen and oxygen atoms in total. The molecule has 0 aromatic heterocycles. The lowest BCUT2D eigenvalue weighted by atomic mass is 9.96. The largest absolute Gasteiger partial charge is 0.334 e. The molecule has 28 heavy (non-hydrogen) atoms. The summed E-state index contributed by atoms with van der Waals surface area (Å²) in [7, 11) is 0. The first kappa shape index (κ1) is 19.8. The highest BCUT2D eigenvalue weighted by atomic mass is 16.2. The zero-order chi connectivity index (χ0) is 20.3. The molecule has 1 fully saturated rings. The summed E-state index contributed by atoms with van der Waals surface area (Å²) in [4.78, 5) is 40.2. The molecule has 1 unspecified atom stereocenters. The maximum absolute atomic E-state index is 12.9. The highest BCUT2D eigenvalue weighted by molar-refractivity contribution is 6.16. The lowest BCUT2D eigenvalue weighted by Gasteiger charge is -2.19. The molecule has 1 atom stereocenters. The third kappa shape index (κ3) is 4.30. The Balaban J connectivity index is 1.70. The van der Waals surface area contributed by atoms with Gasteiger partial charge in [0.25, 0.3) is 5.91 Å². The number of carbonyl (C=O) groups excluding carboxylic acids is 3. The molecule has 0 spiro atoms. The lowest BCUT2D eigenvalue weighted by Crippen LogP contribution is -2.40. The second kappa shape index (κ2) is 8.38. The van der Waals surface area contributed by atoms with Gasteiger partial charge in [-0.15, -0.1) is 0 Å². The van der Waals surface area contributed by atoms with E-state index in [-0.39, 0.29) is 6.54 Å². The van der Waals surface area contributed by atoms with E-state index >= 15 is 0 Å². The predicted molar refractivity (Wildman–Crippen MR) is 108 cm³/mol. The number of benzene rings is 2. The van der Waals surface area contributed by atoms with E-state index in [1.807, 2.05) is 54.6 Å². The van der Waals surface area contributed by atoms with Gasteiger partial charge in [0.15, 0.2) is 0 Å². The number of carbonyl (C=O) groups is 3. The zero-order valence-corrected chi connectivity index (χ0v) is 16.6. The highest BCUT2D eigenvalue weighted by Gasteiger charge is 2.42. The van der Waals surface area contributed by atoms with E-state index < -0.39 is 23.8 Å². The summed E-state index contributed by atoms with van der Waals surface area (Å²) in [6.45, 7) is 6.30. The van der Waals surface area contributed by atoms with E-state index in [1.54, 1.807) is 6.92 Å². The van der Waals surface area contributed by atoms with Crippen molar-refractivity contribution in [3.8, 4) is 0 Å². The van der Waals surface area contributed by atoms with E-state index in [4.69, 9.17) is 0 Å². The SMILES string of the molecule is CC(C)Cc1ccc(C(C)C(=O)N2C(=O)CN(Cc3ccccc3)C2=O)cc1. The van der Waals surface area contributed by atoms with Gasteiger partial charge in [-0.1, -0.05) is 68.4 Å². The number of imide groups is 3. The number of nitrogens with zero attached hydrogens (tertiary/aromatic N) is 2. The molecular formula is C23H26N2O3. The molecule has 0 saturated carbocycles. The molecule has 1 aliphatic heterocycles. The van der Waals surface area contributed by atoms with Gasteiger partial charge < -0.3 is 4.90 Å². The minimum absolute atomic E-state index is 0.0699. The van der Waals surface area contributed by atoms with E-state index in [2.05, 4.69) is 13.8 Å². The van der Waals surface area contributed by atoms with Gasteiger partial charge in [-0.05, 0) is 36.0 Å². The van der Waals surface area contributed by atoms with Crippen molar-refractivity contribution in [1.82, 2.24) is 9.80 Å². The van der Waals surface area contributed by atoms with Crippen LogP contribution in [0.2, 0.25) is 0 Å². The van der Waals surface area contributed by atoms with E-state index in [1.165, 1.54) is 10.5 Å². The summed E-state index contributed by atoms with van der Waals surface area (Å²) >= 11 is 0. The third-order valence-electron chi connectivity index (χ3n) is 4.97. The Labute approximate surface area is 166 Å². The van der Waals surface area contributed by atoms with Crippen molar-refractivity contribution in [2.75, 3.05) is 6.54 Å². The first-order valence-corrected chi connectivity index (χ1v) is 9.65. The minimum atomic E-state index is -0.558. The zero-order valence-electron chi connectivity index (χ0n) is 16.6.